The van der Waals surface area contributed by atoms with Crippen molar-refractivity contribution in [1.82, 2.24) is 19.9 Å². The second-order valence-electron chi connectivity index (χ2n) is 5.30. The monoisotopic (exact) mass is 280 g/mol. The Bertz CT molecular complexity index is 715. The lowest BCUT2D eigenvalue weighted by atomic mass is 10.0. The zero-order valence-electron chi connectivity index (χ0n) is 12.5. The fourth-order valence-corrected chi connectivity index (χ4v) is 2.52. The highest BCUT2D eigenvalue weighted by Gasteiger charge is 2.11. The predicted octanol–water partition coefficient (Wildman–Crippen LogP) is 3.28. The van der Waals surface area contributed by atoms with Crippen LogP contribution < -0.4 is 5.32 Å². The molecule has 3 rings (SSSR count). The van der Waals surface area contributed by atoms with Crippen LogP contribution in [0.25, 0.3) is 5.65 Å². The van der Waals surface area contributed by atoms with Crippen LogP contribution in [0.2, 0.25) is 0 Å². The number of fused-ring (bicyclic) bond motifs is 1. The first kappa shape index (κ1) is 13.8. The van der Waals surface area contributed by atoms with Gasteiger partial charge in [0.2, 0.25) is 0 Å². The maximum Gasteiger partial charge on any atom is 0.160 e. The summed E-state index contributed by atoms with van der Waals surface area (Å²) < 4.78 is 2.02. The lowest BCUT2D eigenvalue weighted by molar-refractivity contribution is 0.506. The van der Waals surface area contributed by atoms with Crippen molar-refractivity contribution in [2.75, 3.05) is 0 Å². The van der Waals surface area contributed by atoms with Gasteiger partial charge in [0.1, 0.15) is 0 Å². The second-order valence-corrected chi connectivity index (χ2v) is 5.30. The molecule has 1 N–H and O–H groups in total. The van der Waals surface area contributed by atoms with Crippen LogP contribution in [0.4, 0.5) is 0 Å². The molecule has 0 saturated heterocycles. The number of rotatable bonds is 5. The summed E-state index contributed by atoms with van der Waals surface area (Å²) in [5, 5.41) is 12.0. The van der Waals surface area contributed by atoms with Crippen molar-refractivity contribution in [2.45, 2.75) is 32.9 Å². The molecule has 1 unspecified atom stereocenters. The van der Waals surface area contributed by atoms with Crippen molar-refractivity contribution in [3.05, 3.63) is 65.6 Å². The maximum atomic E-state index is 4.26. The first-order valence-electron chi connectivity index (χ1n) is 7.36. The molecule has 0 saturated carbocycles. The molecule has 0 radical (unpaired) electrons. The largest absolute Gasteiger partial charge is 0.303 e. The van der Waals surface area contributed by atoms with Crippen LogP contribution in [0.15, 0.2) is 48.7 Å². The summed E-state index contributed by atoms with van der Waals surface area (Å²) in [6.07, 6.45) is 3.04. The van der Waals surface area contributed by atoms with Crippen molar-refractivity contribution < 1.29 is 0 Å². The summed E-state index contributed by atoms with van der Waals surface area (Å²) in [7, 11) is 0. The molecule has 1 atom stereocenters. The number of benzene rings is 1. The molecule has 21 heavy (non-hydrogen) atoms. The summed E-state index contributed by atoms with van der Waals surface area (Å²) in [6, 6.07) is 15.0. The third-order valence-electron chi connectivity index (χ3n) is 3.78. The topological polar surface area (TPSA) is 42.2 Å². The molecule has 0 aliphatic carbocycles. The number of aromatic nitrogens is 3. The van der Waals surface area contributed by atoms with Gasteiger partial charge in [0.25, 0.3) is 0 Å². The van der Waals surface area contributed by atoms with Gasteiger partial charge >= 0.3 is 0 Å². The summed E-state index contributed by atoms with van der Waals surface area (Å²) in [6.45, 7) is 5.01. The van der Waals surface area contributed by atoms with Gasteiger partial charge in [0.05, 0.1) is 6.54 Å². The minimum atomic E-state index is 0.335. The van der Waals surface area contributed by atoms with E-state index in [9.17, 15) is 0 Å². The lowest BCUT2D eigenvalue weighted by Gasteiger charge is -2.17. The Balaban J connectivity index is 1.74. The zero-order chi connectivity index (χ0) is 14.7. The van der Waals surface area contributed by atoms with E-state index < -0.39 is 0 Å². The Labute approximate surface area is 124 Å². The molecule has 4 nitrogen and oxygen atoms in total. The smallest absolute Gasteiger partial charge is 0.160 e. The van der Waals surface area contributed by atoms with E-state index in [4.69, 9.17) is 0 Å². The molecule has 3 aromatic rings. The summed E-state index contributed by atoms with van der Waals surface area (Å²) in [4.78, 5) is 0. The average molecular weight is 280 g/mol. The average Bonchev–Trinajstić information content (AvgIpc) is 2.93. The van der Waals surface area contributed by atoms with E-state index in [1.54, 1.807) is 0 Å². The van der Waals surface area contributed by atoms with Crippen LogP contribution in [0, 0.1) is 6.92 Å². The Morgan fingerprint density at radius 2 is 1.90 bits per heavy atom. The zero-order valence-corrected chi connectivity index (χ0v) is 12.5. The molecule has 4 heteroatoms. The van der Waals surface area contributed by atoms with E-state index in [-0.39, 0.29) is 0 Å². The number of hydrogen-bond donors (Lipinski definition) is 1. The van der Waals surface area contributed by atoms with Gasteiger partial charge < -0.3 is 5.32 Å². The van der Waals surface area contributed by atoms with Crippen molar-refractivity contribution in [3.8, 4) is 0 Å². The Kier molecular flexibility index (Phi) is 3.97. The van der Waals surface area contributed by atoms with Gasteiger partial charge in [-0.2, -0.15) is 0 Å². The molecule has 0 aliphatic rings. The van der Waals surface area contributed by atoms with Crippen molar-refractivity contribution in [1.29, 1.82) is 0 Å². The van der Waals surface area contributed by atoms with Gasteiger partial charge in [-0.05, 0) is 31.0 Å². The first-order chi connectivity index (χ1) is 10.3. The molecule has 0 spiro atoms. The van der Waals surface area contributed by atoms with Gasteiger partial charge in [-0.25, -0.2) is 0 Å². The number of aryl methyl sites for hydroxylation is 1. The third-order valence-corrected chi connectivity index (χ3v) is 3.78. The number of nitrogens with one attached hydrogen (secondary N) is 1. The maximum absolute atomic E-state index is 4.26. The lowest BCUT2D eigenvalue weighted by Crippen LogP contribution is -2.21. The van der Waals surface area contributed by atoms with Gasteiger partial charge in [-0.15, -0.1) is 10.2 Å². The standard InChI is InChI=1S/C17H20N4/c1-3-15(14-9-7-13(2)8-10-14)18-12-17-20-19-16-6-4-5-11-21(16)17/h4-11,15,18H,3,12H2,1-2H3. The van der Waals surface area contributed by atoms with Crippen molar-refractivity contribution in [2.24, 2.45) is 0 Å². The van der Waals surface area contributed by atoms with Crippen molar-refractivity contribution >= 4 is 5.65 Å². The number of nitrogens with zero attached hydrogens (tertiary/aromatic N) is 3. The second kappa shape index (κ2) is 6.06. The Morgan fingerprint density at radius 1 is 1.10 bits per heavy atom. The molecular formula is C17H20N4. The molecule has 1 aromatic carbocycles. The highest BCUT2D eigenvalue weighted by molar-refractivity contribution is 5.37. The van der Waals surface area contributed by atoms with Gasteiger partial charge in [0.15, 0.2) is 11.5 Å². The fourth-order valence-electron chi connectivity index (χ4n) is 2.52. The van der Waals surface area contributed by atoms with E-state index in [0.29, 0.717) is 12.6 Å². The highest BCUT2D eigenvalue weighted by atomic mass is 15.3. The molecule has 0 bridgehead atoms. The van der Waals surface area contributed by atoms with Crippen LogP contribution in [0.5, 0.6) is 0 Å². The van der Waals surface area contributed by atoms with Crippen LogP contribution in [0.1, 0.15) is 36.3 Å². The minimum absolute atomic E-state index is 0.335. The van der Waals surface area contributed by atoms with Crippen LogP contribution in [-0.2, 0) is 6.54 Å². The van der Waals surface area contributed by atoms with E-state index in [1.165, 1.54) is 11.1 Å². The van der Waals surface area contributed by atoms with E-state index in [0.717, 1.165) is 17.9 Å². The Morgan fingerprint density at radius 3 is 2.67 bits per heavy atom. The first-order valence-corrected chi connectivity index (χ1v) is 7.36. The molecule has 0 aliphatic heterocycles. The van der Waals surface area contributed by atoms with Crippen LogP contribution in [-0.4, -0.2) is 14.6 Å². The quantitative estimate of drug-likeness (QED) is 0.780. The van der Waals surface area contributed by atoms with Crippen LogP contribution >= 0.6 is 0 Å². The predicted molar refractivity (Wildman–Crippen MR) is 84.0 cm³/mol. The van der Waals surface area contributed by atoms with Gasteiger partial charge in [-0.1, -0.05) is 42.8 Å². The molecule has 108 valence electrons. The van der Waals surface area contributed by atoms with Gasteiger partial charge in [-0.3, -0.25) is 4.40 Å². The van der Waals surface area contributed by atoms with Crippen molar-refractivity contribution in [3.63, 3.8) is 0 Å². The van der Waals surface area contributed by atoms with E-state index in [2.05, 4.69) is 53.6 Å². The molecule has 2 heterocycles. The highest BCUT2D eigenvalue weighted by Crippen LogP contribution is 2.17. The normalized spacial score (nSPS) is 12.7. The Hall–Kier alpha value is -2.20. The number of pyridine rings is 1. The summed E-state index contributed by atoms with van der Waals surface area (Å²) >= 11 is 0. The summed E-state index contributed by atoms with van der Waals surface area (Å²) in [5.74, 6) is 0.941. The molecular weight excluding hydrogens is 260 g/mol. The molecule has 2 aromatic heterocycles. The van der Waals surface area contributed by atoms with E-state index in [1.807, 2.05) is 28.8 Å². The molecule has 0 amide bonds. The SMILES string of the molecule is CCC(NCc1nnc2ccccn12)c1ccc(C)cc1. The molecule has 0 fully saturated rings. The van der Waals surface area contributed by atoms with E-state index >= 15 is 0 Å². The summed E-state index contributed by atoms with van der Waals surface area (Å²) in [5.41, 5.74) is 3.49. The third kappa shape index (κ3) is 2.95. The van der Waals surface area contributed by atoms with Gasteiger partial charge in [0, 0.05) is 12.2 Å². The van der Waals surface area contributed by atoms with Crippen LogP contribution in [0.3, 0.4) is 0 Å². The number of hydrogen-bond acceptors (Lipinski definition) is 3. The minimum Gasteiger partial charge on any atom is -0.303 e. The fraction of sp³-hybridized carbons (Fsp3) is 0.294.